The summed E-state index contributed by atoms with van der Waals surface area (Å²) in [6, 6.07) is 0. The van der Waals surface area contributed by atoms with Crippen molar-refractivity contribution < 1.29 is 42.4 Å². The first-order valence-electron chi connectivity index (χ1n) is 9.25. The van der Waals surface area contributed by atoms with Crippen LogP contribution in [0.3, 0.4) is 0 Å². The Bertz CT molecular complexity index is 434. The summed E-state index contributed by atoms with van der Waals surface area (Å²) in [5, 5.41) is 0. The molecule has 9 nitrogen and oxygen atoms in total. The van der Waals surface area contributed by atoms with Crippen LogP contribution in [-0.2, 0) is 42.4 Å². The van der Waals surface area contributed by atoms with Crippen LogP contribution in [-0.4, -0.2) is 86.1 Å². The van der Waals surface area contributed by atoms with Gasteiger partial charge in [0.2, 0.25) is 0 Å². The van der Waals surface area contributed by atoms with Crippen LogP contribution in [0.15, 0.2) is 37.0 Å². The summed E-state index contributed by atoms with van der Waals surface area (Å²) in [5.74, 6) is 0. The van der Waals surface area contributed by atoms with Gasteiger partial charge in [0, 0.05) is 7.11 Å². The fourth-order valence-electron chi connectivity index (χ4n) is 1.87. The number of hydrogen-bond donors (Lipinski definition) is 0. The van der Waals surface area contributed by atoms with Crippen LogP contribution >= 0.6 is 0 Å². The van der Waals surface area contributed by atoms with Crippen LogP contribution < -0.4 is 0 Å². The number of ether oxygens (including phenoxy) is 6. The third kappa shape index (κ3) is 10.7. The van der Waals surface area contributed by atoms with Gasteiger partial charge in [0.1, 0.15) is 12.2 Å². The van der Waals surface area contributed by atoms with Crippen molar-refractivity contribution >= 4 is 7.32 Å². The lowest BCUT2D eigenvalue weighted by atomic mass is 10.2. The van der Waals surface area contributed by atoms with E-state index in [4.69, 9.17) is 42.4 Å². The van der Waals surface area contributed by atoms with Crippen LogP contribution in [0.25, 0.3) is 0 Å². The summed E-state index contributed by atoms with van der Waals surface area (Å²) < 4.78 is 47.5. The van der Waals surface area contributed by atoms with Gasteiger partial charge in [0.05, 0.1) is 78.2 Å². The molecule has 0 saturated carbocycles. The molecule has 0 bridgehead atoms. The van der Waals surface area contributed by atoms with E-state index >= 15 is 0 Å². The first-order chi connectivity index (χ1) is 13.9. The molecule has 0 aromatic heterocycles. The van der Waals surface area contributed by atoms with Gasteiger partial charge in [0.25, 0.3) is 0 Å². The number of methoxy groups -OCH3 is 1. The molecule has 2 heterocycles. The molecule has 0 N–H and O–H groups in total. The van der Waals surface area contributed by atoms with E-state index in [9.17, 15) is 0 Å². The van der Waals surface area contributed by atoms with E-state index in [0.717, 1.165) is 0 Å². The van der Waals surface area contributed by atoms with Crippen LogP contribution in [0.5, 0.6) is 0 Å². The third-order valence-electron chi connectivity index (χ3n) is 3.57. The molecule has 0 aromatic carbocycles. The van der Waals surface area contributed by atoms with E-state index in [1.54, 1.807) is 25.3 Å². The molecule has 0 aromatic rings. The zero-order valence-corrected chi connectivity index (χ0v) is 16.2. The molecule has 2 aliphatic rings. The van der Waals surface area contributed by atoms with Gasteiger partial charge in [-0.15, -0.1) is 0 Å². The minimum atomic E-state index is -0.943. The minimum absolute atomic E-state index is 0.165. The molecule has 0 amide bonds. The summed E-state index contributed by atoms with van der Waals surface area (Å²) in [5.41, 5.74) is 0. The standard InChI is InChI=1S/C18H29BO9/c1-20-11-12-21-5-2-8-26-19(27-9-3-6-24-17-13-22-14-17)28-10-4-7-25-18-15-23-16-18/h2-4,8-10,17-18H,5-7,11-16H2,1H3/b8-2+,9-3+,10-4+. The quantitative estimate of drug-likeness (QED) is 0.202. The summed E-state index contributed by atoms with van der Waals surface area (Å²) in [6.07, 6.45) is 9.92. The molecular formula is C18H29BO9. The molecule has 0 unspecified atom stereocenters. The Labute approximate surface area is 166 Å². The van der Waals surface area contributed by atoms with Crippen molar-refractivity contribution in [1.29, 1.82) is 0 Å². The molecule has 10 heteroatoms. The topological polar surface area (TPSA) is 83.1 Å². The molecule has 0 atom stereocenters. The van der Waals surface area contributed by atoms with Crippen LogP contribution in [0.1, 0.15) is 0 Å². The molecule has 28 heavy (non-hydrogen) atoms. The fourth-order valence-corrected chi connectivity index (χ4v) is 1.87. The Kier molecular flexibility index (Phi) is 12.5. The van der Waals surface area contributed by atoms with Crippen molar-refractivity contribution in [2.45, 2.75) is 12.2 Å². The van der Waals surface area contributed by atoms with Gasteiger partial charge in [-0.25, -0.2) is 0 Å². The maximum absolute atomic E-state index is 5.50. The molecule has 2 saturated heterocycles. The molecule has 0 spiro atoms. The highest BCUT2D eigenvalue weighted by molar-refractivity contribution is 6.37. The van der Waals surface area contributed by atoms with Crippen molar-refractivity contribution in [2.75, 3.05) is 66.6 Å². The smallest absolute Gasteiger partial charge is 0.497 e. The Morgan fingerprint density at radius 2 is 1.25 bits per heavy atom. The maximum atomic E-state index is 5.50. The molecule has 2 fully saturated rings. The predicted octanol–water partition coefficient (Wildman–Crippen LogP) is 1.06. The Hall–Kier alpha value is -1.56. The predicted molar refractivity (Wildman–Crippen MR) is 100 cm³/mol. The molecule has 158 valence electrons. The molecule has 0 aliphatic carbocycles. The average molecular weight is 400 g/mol. The summed E-state index contributed by atoms with van der Waals surface area (Å²) >= 11 is 0. The normalized spacial score (nSPS) is 17.9. The zero-order valence-electron chi connectivity index (χ0n) is 16.2. The van der Waals surface area contributed by atoms with E-state index in [1.807, 2.05) is 0 Å². The molecule has 0 radical (unpaired) electrons. The third-order valence-corrected chi connectivity index (χ3v) is 3.57. The summed E-state index contributed by atoms with van der Waals surface area (Å²) in [7, 11) is 0.681. The lowest BCUT2D eigenvalue weighted by molar-refractivity contribution is -0.123. The van der Waals surface area contributed by atoms with E-state index < -0.39 is 7.32 Å². The highest BCUT2D eigenvalue weighted by atomic mass is 16.7. The van der Waals surface area contributed by atoms with Gasteiger partial charge in [-0.3, -0.25) is 0 Å². The monoisotopic (exact) mass is 400 g/mol. The summed E-state index contributed by atoms with van der Waals surface area (Å²) in [6.45, 7) is 4.87. The fraction of sp³-hybridized carbons (Fsp3) is 0.667. The Morgan fingerprint density at radius 3 is 1.68 bits per heavy atom. The lowest BCUT2D eigenvalue weighted by Crippen LogP contribution is -2.36. The highest BCUT2D eigenvalue weighted by Gasteiger charge is 2.24. The summed E-state index contributed by atoms with van der Waals surface area (Å²) in [4.78, 5) is 0. The largest absolute Gasteiger partial charge is 0.862 e. The molecule has 2 rings (SSSR count). The van der Waals surface area contributed by atoms with Crippen molar-refractivity contribution in [3.05, 3.63) is 37.0 Å². The van der Waals surface area contributed by atoms with Gasteiger partial charge >= 0.3 is 7.32 Å². The van der Waals surface area contributed by atoms with E-state index in [-0.39, 0.29) is 12.2 Å². The van der Waals surface area contributed by atoms with Crippen LogP contribution in [0, 0.1) is 0 Å². The minimum Gasteiger partial charge on any atom is -0.497 e. The van der Waals surface area contributed by atoms with E-state index in [0.29, 0.717) is 59.5 Å². The SMILES string of the molecule is COCCOC/C=C/OB(O/C=C/COC1COC1)O/C=C/COC1COC1. The number of rotatable bonds is 17. The van der Waals surface area contributed by atoms with Crippen molar-refractivity contribution in [2.24, 2.45) is 0 Å². The average Bonchev–Trinajstić information content (AvgIpc) is 2.62. The Morgan fingerprint density at radius 1 is 0.750 bits per heavy atom. The molecule has 2 aliphatic heterocycles. The first kappa shape index (κ1) is 22.7. The first-order valence-corrected chi connectivity index (χ1v) is 9.25. The maximum Gasteiger partial charge on any atom is 0.862 e. The van der Waals surface area contributed by atoms with Crippen molar-refractivity contribution in [1.82, 2.24) is 0 Å². The number of hydrogen-bond acceptors (Lipinski definition) is 9. The van der Waals surface area contributed by atoms with Crippen molar-refractivity contribution in [3.63, 3.8) is 0 Å². The van der Waals surface area contributed by atoms with Gasteiger partial charge in [-0.05, 0) is 18.2 Å². The van der Waals surface area contributed by atoms with Crippen molar-refractivity contribution in [3.8, 4) is 0 Å². The van der Waals surface area contributed by atoms with E-state index in [2.05, 4.69) is 0 Å². The second kappa shape index (κ2) is 15.4. The zero-order chi connectivity index (χ0) is 19.7. The highest BCUT2D eigenvalue weighted by Crippen LogP contribution is 2.06. The lowest BCUT2D eigenvalue weighted by Gasteiger charge is -2.25. The van der Waals surface area contributed by atoms with Gasteiger partial charge in [-0.1, -0.05) is 0 Å². The van der Waals surface area contributed by atoms with E-state index in [1.165, 1.54) is 18.8 Å². The van der Waals surface area contributed by atoms with Gasteiger partial charge < -0.3 is 42.4 Å². The molecular weight excluding hydrogens is 371 g/mol. The van der Waals surface area contributed by atoms with Gasteiger partial charge in [0.15, 0.2) is 0 Å². The Balaban J connectivity index is 1.61. The van der Waals surface area contributed by atoms with Gasteiger partial charge in [-0.2, -0.15) is 0 Å². The second-order valence-electron chi connectivity index (χ2n) is 5.87. The second-order valence-corrected chi connectivity index (χ2v) is 5.87. The van der Waals surface area contributed by atoms with Crippen LogP contribution in [0.2, 0.25) is 0 Å². The van der Waals surface area contributed by atoms with Crippen LogP contribution in [0.4, 0.5) is 0 Å².